The van der Waals surface area contributed by atoms with Crippen LogP contribution in [0.2, 0.25) is 0 Å². The number of esters is 1. The summed E-state index contributed by atoms with van der Waals surface area (Å²) in [7, 11) is 1.32. The predicted molar refractivity (Wildman–Crippen MR) is 181 cm³/mol. The number of thioether (sulfide) groups is 1. The zero-order valence-corrected chi connectivity index (χ0v) is 28.7. The molecule has 2 amide bonds. The summed E-state index contributed by atoms with van der Waals surface area (Å²) in [4.78, 5) is 41.7. The normalized spacial score (nSPS) is 15.2. The second-order valence-corrected chi connectivity index (χ2v) is 14.0. The van der Waals surface area contributed by atoms with Crippen molar-refractivity contribution in [1.29, 1.82) is 0 Å². The molecule has 1 fully saturated rings. The number of carbonyl (C=O) groups is 3. The Morgan fingerprint density at radius 3 is 2.38 bits per heavy atom. The van der Waals surface area contributed by atoms with Crippen molar-refractivity contribution in [3.63, 3.8) is 0 Å². The van der Waals surface area contributed by atoms with Crippen molar-refractivity contribution in [2.75, 3.05) is 25.7 Å². The van der Waals surface area contributed by atoms with Crippen LogP contribution in [0, 0.1) is 12.8 Å². The number of hydrogen-bond donors (Lipinski definition) is 2. The first-order chi connectivity index (χ1) is 21.5. The fourth-order valence-electron chi connectivity index (χ4n) is 6.07. The number of aryl methyl sites for hydroxylation is 1. The number of rotatable bonds is 14. The molecule has 0 aliphatic heterocycles. The summed E-state index contributed by atoms with van der Waals surface area (Å²) in [5.41, 5.74) is 3.20. The van der Waals surface area contributed by atoms with Gasteiger partial charge in [-0.1, -0.05) is 62.4 Å². The number of ether oxygens (including phenoxy) is 2. The molecule has 2 aromatic carbocycles. The molecular weight excluding hydrogens is 588 g/mol. The molecule has 2 unspecified atom stereocenters. The first kappa shape index (κ1) is 36.4. The minimum absolute atomic E-state index is 0.0256. The maximum atomic E-state index is 13.7. The van der Waals surface area contributed by atoms with Crippen LogP contribution in [0.15, 0.2) is 42.5 Å². The highest BCUT2D eigenvalue weighted by Crippen LogP contribution is 2.32. The fraction of sp³-hybridized carbons (Fsp3) is 0.583. The number of benzene rings is 2. The van der Waals surface area contributed by atoms with Gasteiger partial charge in [0.05, 0.1) is 7.11 Å². The molecule has 0 saturated heterocycles. The average molecular weight is 641 g/mol. The number of hydrogen-bond acceptors (Lipinski definition) is 7. The fourth-order valence-corrected chi connectivity index (χ4v) is 6.54. The quantitative estimate of drug-likeness (QED) is 0.211. The van der Waals surface area contributed by atoms with E-state index >= 15 is 0 Å². The predicted octanol–water partition coefficient (Wildman–Crippen LogP) is 7.15. The molecule has 2 atom stereocenters. The van der Waals surface area contributed by atoms with E-state index in [4.69, 9.17) is 9.47 Å². The van der Waals surface area contributed by atoms with Crippen molar-refractivity contribution in [3.8, 4) is 11.1 Å². The first-order valence-corrected chi connectivity index (χ1v) is 17.5. The Bertz CT molecular complexity index is 1270. The maximum Gasteiger partial charge on any atom is 0.410 e. The number of methoxy groups -OCH3 is 1. The average Bonchev–Trinajstić information content (AvgIpc) is 3.01. The molecule has 9 heteroatoms. The zero-order chi connectivity index (χ0) is 33.0. The van der Waals surface area contributed by atoms with E-state index < -0.39 is 23.7 Å². The molecule has 248 valence electrons. The number of amides is 2. The SMILES string of the molecule is COC(=O)C(CCSC)NC(=O)c1ccc(CN(C(=O)OC(C)(C)C)C(CCO)CC2CCCCC2)cc1-c1ccccc1C. The molecule has 1 saturated carbocycles. The van der Waals surface area contributed by atoms with E-state index in [0.29, 0.717) is 35.6 Å². The highest BCUT2D eigenvalue weighted by Gasteiger charge is 2.31. The Hall–Kier alpha value is -3.04. The molecule has 2 aromatic rings. The summed E-state index contributed by atoms with van der Waals surface area (Å²) in [6, 6.07) is 12.5. The number of nitrogens with one attached hydrogen (secondary N) is 1. The van der Waals surface area contributed by atoms with Crippen molar-refractivity contribution in [2.24, 2.45) is 5.92 Å². The van der Waals surface area contributed by atoms with Crippen LogP contribution in [0.1, 0.15) is 93.6 Å². The monoisotopic (exact) mass is 640 g/mol. The van der Waals surface area contributed by atoms with Crippen LogP contribution in [0.4, 0.5) is 4.79 Å². The van der Waals surface area contributed by atoms with E-state index in [1.807, 2.05) is 70.3 Å². The molecule has 0 heterocycles. The van der Waals surface area contributed by atoms with E-state index in [9.17, 15) is 19.5 Å². The largest absolute Gasteiger partial charge is 0.467 e. The van der Waals surface area contributed by atoms with Crippen molar-refractivity contribution in [1.82, 2.24) is 10.2 Å². The molecular formula is C36H52N2O6S. The topological polar surface area (TPSA) is 105 Å². The standard InChI is InChI=1S/C36H52N2O6S/c1-25-12-10-11-15-29(25)31-23-27(16-17-30(31)33(40)37-32(19-21-45-6)34(41)43-5)24-38(35(42)44-36(2,3)4)28(18-20-39)22-26-13-8-7-9-14-26/h10-12,15-17,23,26,28,32,39H,7-9,13-14,18-22,24H2,1-6H3,(H,37,40). The lowest BCUT2D eigenvalue weighted by molar-refractivity contribution is -0.142. The summed E-state index contributed by atoms with van der Waals surface area (Å²) >= 11 is 1.60. The van der Waals surface area contributed by atoms with E-state index in [2.05, 4.69) is 5.32 Å². The molecule has 8 nitrogen and oxygen atoms in total. The molecule has 3 rings (SSSR count). The van der Waals surface area contributed by atoms with E-state index in [1.54, 1.807) is 22.7 Å². The van der Waals surface area contributed by atoms with Crippen LogP contribution >= 0.6 is 11.8 Å². The molecule has 0 aromatic heterocycles. The van der Waals surface area contributed by atoms with Gasteiger partial charge in [0.2, 0.25) is 0 Å². The number of carbonyl (C=O) groups excluding carboxylic acids is 3. The van der Waals surface area contributed by atoms with E-state index in [1.165, 1.54) is 26.4 Å². The van der Waals surface area contributed by atoms with Crippen LogP contribution in [0.25, 0.3) is 11.1 Å². The van der Waals surface area contributed by atoms with Crippen molar-refractivity contribution >= 4 is 29.7 Å². The summed E-state index contributed by atoms with van der Waals surface area (Å²) < 4.78 is 10.9. The smallest absolute Gasteiger partial charge is 0.410 e. The Labute approximate surface area is 273 Å². The number of nitrogens with zero attached hydrogens (tertiary/aromatic N) is 1. The second-order valence-electron chi connectivity index (χ2n) is 13.0. The maximum absolute atomic E-state index is 13.7. The summed E-state index contributed by atoms with van der Waals surface area (Å²) in [5.74, 6) is 0.353. The van der Waals surface area contributed by atoms with Crippen LogP contribution in [0.5, 0.6) is 0 Å². The van der Waals surface area contributed by atoms with Gasteiger partial charge >= 0.3 is 12.1 Å². The van der Waals surface area contributed by atoms with Gasteiger partial charge in [0.25, 0.3) is 5.91 Å². The zero-order valence-electron chi connectivity index (χ0n) is 27.9. The lowest BCUT2D eigenvalue weighted by Gasteiger charge is -2.36. The van der Waals surface area contributed by atoms with Gasteiger partial charge in [-0.3, -0.25) is 4.79 Å². The molecule has 0 bridgehead atoms. The van der Waals surface area contributed by atoms with E-state index in [-0.39, 0.29) is 25.1 Å². The molecule has 1 aliphatic carbocycles. The molecule has 45 heavy (non-hydrogen) atoms. The van der Waals surface area contributed by atoms with Crippen LogP contribution < -0.4 is 5.32 Å². The summed E-state index contributed by atoms with van der Waals surface area (Å²) in [6.07, 6.45) is 9.18. The van der Waals surface area contributed by atoms with Gasteiger partial charge in [-0.15, -0.1) is 0 Å². The third-order valence-electron chi connectivity index (χ3n) is 8.38. The molecule has 2 N–H and O–H groups in total. The Kier molecular flexibility index (Phi) is 14.2. The van der Waals surface area contributed by atoms with Crippen molar-refractivity contribution < 1.29 is 29.0 Å². The lowest BCUT2D eigenvalue weighted by atomic mass is 9.84. The minimum atomic E-state index is -0.763. The van der Waals surface area contributed by atoms with Crippen LogP contribution in [-0.4, -0.2) is 71.4 Å². The Morgan fingerprint density at radius 1 is 1.04 bits per heavy atom. The van der Waals surface area contributed by atoms with Gasteiger partial charge in [-0.05, 0) is 99.3 Å². The molecule has 0 radical (unpaired) electrons. The molecule has 0 spiro atoms. The first-order valence-electron chi connectivity index (χ1n) is 16.1. The summed E-state index contributed by atoms with van der Waals surface area (Å²) in [5, 5.41) is 12.9. The lowest BCUT2D eigenvalue weighted by Crippen LogP contribution is -2.44. The minimum Gasteiger partial charge on any atom is -0.467 e. The third-order valence-corrected chi connectivity index (χ3v) is 9.02. The highest BCUT2D eigenvalue weighted by molar-refractivity contribution is 7.98. The van der Waals surface area contributed by atoms with Gasteiger partial charge < -0.3 is 24.8 Å². The van der Waals surface area contributed by atoms with Gasteiger partial charge in [0, 0.05) is 24.8 Å². The van der Waals surface area contributed by atoms with Crippen molar-refractivity contribution in [3.05, 3.63) is 59.2 Å². The van der Waals surface area contributed by atoms with Crippen LogP contribution in [0.3, 0.4) is 0 Å². The van der Waals surface area contributed by atoms with Gasteiger partial charge in [-0.2, -0.15) is 11.8 Å². The Morgan fingerprint density at radius 2 is 1.76 bits per heavy atom. The second kappa shape index (κ2) is 17.6. The van der Waals surface area contributed by atoms with Crippen LogP contribution in [-0.2, 0) is 20.8 Å². The third kappa shape index (κ3) is 11.1. The van der Waals surface area contributed by atoms with Gasteiger partial charge in [0.1, 0.15) is 11.6 Å². The van der Waals surface area contributed by atoms with Crippen molar-refractivity contribution in [2.45, 2.75) is 103 Å². The molecule has 1 aliphatic rings. The Balaban J connectivity index is 2.03. The highest BCUT2D eigenvalue weighted by atomic mass is 32.2. The summed E-state index contributed by atoms with van der Waals surface area (Å²) in [6.45, 7) is 7.81. The van der Waals surface area contributed by atoms with Gasteiger partial charge in [-0.25, -0.2) is 9.59 Å². The number of aliphatic hydroxyl groups is 1. The van der Waals surface area contributed by atoms with Gasteiger partial charge in [0.15, 0.2) is 0 Å². The van der Waals surface area contributed by atoms with E-state index in [0.717, 1.165) is 36.0 Å². The number of aliphatic hydroxyl groups excluding tert-OH is 1.